The molecule has 1 unspecified atom stereocenters. The van der Waals surface area contributed by atoms with E-state index in [-0.39, 0.29) is 0 Å². The Morgan fingerprint density at radius 3 is 3.05 bits per heavy atom. The monoisotopic (exact) mass is 298 g/mol. The van der Waals surface area contributed by atoms with Crippen molar-refractivity contribution in [1.82, 2.24) is 10.3 Å². The molecule has 0 aliphatic carbocycles. The van der Waals surface area contributed by atoms with Gasteiger partial charge in [0.2, 0.25) is 0 Å². The SMILES string of the molecule is CC(C)NCC1CCCN(c2nc(Cl)c(C#N)s2)C1. The lowest BCUT2D eigenvalue weighted by Gasteiger charge is -2.33. The molecule has 0 aromatic carbocycles. The molecule has 0 radical (unpaired) electrons. The fraction of sp³-hybridized carbons (Fsp3) is 0.692. The number of hydrogen-bond donors (Lipinski definition) is 1. The van der Waals surface area contributed by atoms with Gasteiger partial charge in [0.25, 0.3) is 0 Å². The van der Waals surface area contributed by atoms with Gasteiger partial charge in [0.1, 0.15) is 10.9 Å². The predicted molar refractivity (Wildman–Crippen MR) is 79.9 cm³/mol. The molecule has 2 heterocycles. The van der Waals surface area contributed by atoms with Crippen LogP contribution >= 0.6 is 22.9 Å². The molecular weight excluding hydrogens is 280 g/mol. The van der Waals surface area contributed by atoms with E-state index in [1.54, 1.807) is 0 Å². The molecule has 1 fully saturated rings. The third-order valence-electron chi connectivity index (χ3n) is 3.28. The van der Waals surface area contributed by atoms with Crippen LogP contribution in [0.4, 0.5) is 5.13 Å². The summed E-state index contributed by atoms with van der Waals surface area (Å²) in [4.78, 5) is 7.07. The Kier molecular flexibility index (Phi) is 5.03. The van der Waals surface area contributed by atoms with E-state index in [2.05, 4.69) is 35.1 Å². The smallest absolute Gasteiger partial charge is 0.188 e. The van der Waals surface area contributed by atoms with Crippen molar-refractivity contribution in [1.29, 1.82) is 5.26 Å². The second-order valence-corrected chi connectivity index (χ2v) is 6.58. The molecule has 1 aliphatic heterocycles. The minimum Gasteiger partial charge on any atom is -0.348 e. The molecule has 0 saturated carbocycles. The highest BCUT2D eigenvalue weighted by Gasteiger charge is 2.23. The maximum atomic E-state index is 8.93. The zero-order chi connectivity index (χ0) is 13.8. The fourth-order valence-electron chi connectivity index (χ4n) is 2.30. The number of nitrogens with one attached hydrogen (secondary N) is 1. The van der Waals surface area contributed by atoms with Gasteiger partial charge < -0.3 is 10.2 Å². The average Bonchev–Trinajstić information content (AvgIpc) is 2.78. The number of rotatable bonds is 4. The Morgan fingerprint density at radius 1 is 1.63 bits per heavy atom. The van der Waals surface area contributed by atoms with Gasteiger partial charge in [0.05, 0.1) is 0 Å². The van der Waals surface area contributed by atoms with Crippen molar-refractivity contribution < 1.29 is 0 Å². The van der Waals surface area contributed by atoms with Crippen LogP contribution < -0.4 is 10.2 Å². The molecule has 0 amide bonds. The van der Waals surface area contributed by atoms with Crippen LogP contribution in [-0.4, -0.2) is 30.7 Å². The lowest BCUT2D eigenvalue weighted by atomic mass is 9.98. The van der Waals surface area contributed by atoms with E-state index in [4.69, 9.17) is 16.9 Å². The van der Waals surface area contributed by atoms with Crippen LogP contribution in [0.25, 0.3) is 0 Å². The predicted octanol–water partition coefficient (Wildman–Crippen LogP) is 2.88. The summed E-state index contributed by atoms with van der Waals surface area (Å²) in [5.74, 6) is 0.643. The van der Waals surface area contributed by atoms with E-state index >= 15 is 0 Å². The quantitative estimate of drug-likeness (QED) is 0.928. The third-order valence-corrected chi connectivity index (χ3v) is 4.69. The van der Waals surface area contributed by atoms with Gasteiger partial charge in [0.15, 0.2) is 10.3 Å². The summed E-state index contributed by atoms with van der Waals surface area (Å²) < 4.78 is 0. The standard InChI is InChI=1S/C13H19ClN4S/c1-9(2)16-7-10-4-3-5-18(8-10)13-17-12(14)11(6-15)19-13/h9-10,16H,3-5,7-8H2,1-2H3. The summed E-state index contributed by atoms with van der Waals surface area (Å²) in [6.07, 6.45) is 2.42. The number of hydrogen-bond acceptors (Lipinski definition) is 5. The van der Waals surface area contributed by atoms with E-state index in [9.17, 15) is 0 Å². The number of halogens is 1. The first-order valence-electron chi connectivity index (χ1n) is 6.65. The normalized spacial score (nSPS) is 19.7. The number of aromatic nitrogens is 1. The molecule has 104 valence electrons. The van der Waals surface area contributed by atoms with Crippen LogP contribution in [0.1, 0.15) is 31.6 Å². The molecule has 1 aromatic heterocycles. The van der Waals surface area contributed by atoms with E-state index in [1.807, 2.05) is 0 Å². The molecule has 1 N–H and O–H groups in total. The van der Waals surface area contributed by atoms with E-state index in [0.717, 1.165) is 24.8 Å². The molecule has 2 rings (SSSR count). The van der Waals surface area contributed by atoms with Gasteiger partial charge in [-0.2, -0.15) is 5.26 Å². The van der Waals surface area contributed by atoms with Crippen molar-refractivity contribution in [2.45, 2.75) is 32.7 Å². The van der Waals surface area contributed by atoms with Crippen LogP contribution in [0.2, 0.25) is 5.15 Å². The zero-order valence-electron chi connectivity index (χ0n) is 11.3. The van der Waals surface area contributed by atoms with E-state index in [1.165, 1.54) is 24.2 Å². The highest BCUT2D eigenvalue weighted by atomic mass is 35.5. The molecular formula is C13H19ClN4S. The lowest BCUT2D eigenvalue weighted by molar-refractivity contribution is 0.379. The highest BCUT2D eigenvalue weighted by molar-refractivity contribution is 7.16. The zero-order valence-corrected chi connectivity index (χ0v) is 12.9. The number of anilines is 1. The molecule has 6 heteroatoms. The number of nitrogens with zero attached hydrogens (tertiary/aromatic N) is 3. The molecule has 0 spiro atoms. The van der Waals surface area contributed by atoms with Gasteiger partial charge in [-0.3, -0.25) is 0 Å². The summed E-state index contributed by atoms with van der Waals surface area (Å²) in [5.41, 5.74) is 0. The summed E-state index contributed by atoms with van der Waals surface area (Å²) >= 11 is 7.34. The van der Waals surface area contributed by atoms with Crippen molar-refractivity contribution in [3.63, 3.8) is 0 Å². The molecule has 1 aliphatic rings. The molecule has 19 heavy (non-hydrogen) atoms. The molecule has 4 nitrogen and oxygen atoms in total. The Labute approximate surface area is 123 Å². The molecule has 0 bridgehead atoms. The van der Waals surface area contributed by atoms with Crippen LogP contribution in [-0.2, 0) is 0 Å². The number of thiazole rings is 1. The van der Waals surface area contributed by atoms with Crippen molar-refractivity contribution in [3.05, 3.63) is 10.0 Å². The van der Waals surface area contributed by atoms with Crippen molar-refractivity contribution in [3.8, 4) is 6.07 Å². The van der Waals surface area contributed by atoms with Crippen molar-refractivity contribution in [2.24, 2.45) is 5.92 Å². The highest BCUT2D eigenvalue weighted by Crippen LogP contribution is 2.31. The van der Waals surface area contributed by atoms with Gasteiger partial charge in [-0.1, -0.05) is 36.8 Å². The minimum atomic E-state index is 0.338. The lowest BCUT2D eigenvalue weighted by Crippen LogP contribution is -2.41. The first kappa shape index (κ1) is 14.6. The summed E-state index contributed by atoms with van der Waals surface area (Å²) in [6, 6.07) is 2.61. The second-order valence-electron chi connectivity index (χ2n) is 5.25. The fourth-order valence-corrected chi connectivity index (χ4v) is 3.38. The largest absolute Gasteiger partial charge is 0.348 e. The maximum Gasteiger partial charge on any atom is 0.188 e. The van der Waals surface area contributed by atoms with E-state index < -0.39 is 0 Å². The number of piperidine rings is 1. The van der Waals surface area contributed by atoms with Crippen molar-refractivity contribution >= 4 is 28.1 Å². The maximum absolute atomic E-state index is 8.93. The van der Waals surface area contributed by atoms with Gasteiger partial charge in [-0.05, 0) is 25.3 Å². The molecule has 1 saturated heterocycles. The van der Waals surface area contributed by atoms with Gasteiger partial charge in [-0.25, -0.2) is 4.98 Å². The molecule has 1 aromatic rings. The Balaban J connectivity index is 1.98. The van der Waals surface area contributed by atoms with Crippen LogP contribution in [0, 0.1) is 17.2 Å². The Morgan fingerprint density at radius 2 is 2.42 bits per heavy atom. The minimum absolute atomic E-state index is 0.338. The second kappa shape index (κ2) is 6.56. The third kappa shape index (κ3) is 3.82. The van der Waals surface area contributed by atoms with Crippen molar-refractivity contribution in [2.75, 3.05) is 24.5 Å². The van der Waals surface area contributed by atoms with Crippen LogP contribution in [0.5, 0.6) is 0 Å². The Bertz CT molecular complexity index is 466. The summed E-state index contributed by atoms with van der Waals surface area (Å²) in [6.45, 7) is 7.38. The average molecular weight is 299 g/mol. The van der Waals surface area contributed by atoms with E-state index in [0.29, 0.717) is 22.0 Å². The first-order chi connectivity index (χ1) is 9.10. The van der Waals surface area contributed by atoms with Gasteiger partial charge >= 0.3 is 0 Å². The van der Waals surface area contributed by atoms with Crippen LogP contribution in [0.3, 0.4) is 0 Å². The van der Waals surface area contributed by atoms with Crippen LogP contribution in [0.15, 0.2) is 0 Å². The van der Waals surface area contributed by atoms with Gasteiger partial charge in [-0.15, -0.1) is 0 Å². The first-order valence-corrected chi connectivity index (χ1v) is 7.84. The summed E-state index contributed by atoms with van der Waals surface area (Å²) in [5, 5.41) is 13.7. The number of nitriles is 1. The molecule has 1 atom stereocenters. The Hall–Kier alpha value is -0.830. The van der Waals surface area contributed by atoms with Gasteiger partial charge in [0, 0.05) is 19.1 Å². The summed E-state index contributed by atoms with van der Waals surface area (Å²) in [7, 11) is 0. The topological polar surface area (TPSA) is 52.0 Å².